The second-order valence-electron chi connectivity index (χ2n) is 53.2. The number of hydrogen-bond donors (Lipinski definition) is 0. The average molecular weight is 1930 g/mol. The van der Waals surface area contributed by atoms with Crippen LogP contribution in [0.2, 0.25) is 0 Å². The molecule has 5 nitrogen and oxygen atoms in total. The largest absolute Gasteiger partial charge is 0.311 e. The van der Waals surface area contributed by atoms with Gasteiger partial charge in [-0.2, -0.15) is 0 Å². The lowest BCUT2D eigenvalue weighted by Gasteiger charge is -2.44. The Morgan fingerprint density at radius 2 is 0.351 bits per heavy atom. The zero-order valence-corrected chi connectivity index (χ0v) is 93.1. The highest BCUT2D eigenvalue weighted by Crippen LogP contribution is 2.54. The third-order valence-corrected chi connectivity index (χ3v) is 32.5. The lowest BCUT2D eigenvalue weighted by atomic mass is 9.33. The first kappa shape index (κ1) is 98.5. The Hall–Kier alpha value is -14.2. The molecule has 2 aliphatic heterocycles. The third kappa shape index (κ3) is 17.2. The molecule has 20 aromatic rings. The van der Waals surface area contributed by atoms with Crippen molar-refractivity contribution < 1.29 is 0 Å². The van der Waals surface area contributed by atoms with Crippen LogP contribution in [0.1, 0.15) is 263 Å². The second kappa shape index (κ2) is 34.7. The molecule has 0 fully saturated rings. The van der Waals surface area contributed by atoms with Crippen molar-refractivity contribution in [3.63, 3.8) is 0 Å². The van der Waals surface area contributed by atoms with E-state index in [9.17, 15) is 0 Å². The van der Waals surface area contributed by atoms with E-state index in [1.807, 2.05) is 0 Å². The van der Waals surface area contributed by atoms with Crippen molar-refractivity contribution in [3.05, 3.63) is 395 Å². The van der Waals surface area contributed by atoms with Gasteiger partial charge >= 0.3 is 0 Å². The summed E-state index contributed by atoms with van der Waals surface area (Å²) in [6.07, 6.45) is 0. The lowest BCUT2D eigenvalue weighted by molar-refractivity contribution is 0.590. The van der Waals surface area contributed by atoms with Crippen LogP contribution in [0.25, 0.3) is 149 Å². The Labute approximate surface area is 880 Å². The number of anilines is 6. The Morgan fingerprint density at radius 1 is 0.162 bits per heavy atom. The fourth-order valence-electron chi connectivity index (χ4n) is 23.5. The summed E-state index contributed by atoms with van der Waals surface area (Å²) in [6.45, 7) is 69.8. The summed E-state index contributed by atoms with van der Waals surface area (Å²) >= 11 is 0. The van der Waals surface area contributed by atoms with E-state index in [4.69, 9.17) is 0 Å². The molecule has 0 radical (unpaired) electrons. The van der Waals surface area contributed by atoms with E-state index in [0.29, 0.717) is 0 Å². The highest BCUT2D eigenvalue weighted by atomic mass is 15.2. The molecule has 0 amide bonds. The predicted octanol–water partition coefficient (Wildman–Crippen LogP) is 38.0. The summed E-state index contributed by atoms with van der Waals surface area (Å²) in [7, 11) is 0. The Bertz CT molecular complexity index is 7910. The first-order valence-corrected chi connectivity index (χ1v) is 53.9. The van der Waals surface area contributed by atoms with Gasteiger partial charge in [-0.05, 0) is 326 Å². The summed E-state index contributed by atoms with van der Waals surface area (Å²) in [5, 5.41) is 7.48. The lowest BCUT2D eigenvalue weighted by Crippen LogP contribution is -2.61. The molecule has 22 rings (SSSR count). The van der Waals surface area contributed by atoms with E-state index >= 15 is 0 Å². The summed E-state index contributed by atoms with van der Waals surface area (Å²) in [6, 6.07) is 135. The average Bonchev–Trinajstić information content (AvgIpc) is 0.749. The zero-order chi connectivity index (χ0) is 105. The van der Waals surface area contributed by atoms with E-state index in [0.717, 1.165) is 73.3 Å². The molecule has 17 aromatic carbocycles. The maximum absolute atomic E-state index is 2.69. The van der Waals surface area contributed by atoms with Crippen LogP contribution in [0, 0.1) is 0 Å². The minimum Gasteiger partial charge on any atom is -0.311 e. The highest BCUT2D eigenvalue weighted by Gasteiger charge is 2.46. The maximum Gasteiger partial charge on any atom is 0.252 e. The van der Waals surface area contributed by atoms with Crippen molar-refractivity contribution in [1.29, 1.82) is 0 Å². The van der Waals surface area contributed by atoms with E-state index < -0.39 is 0 Å². The van der Waals surface area contributed by atoms with Gasteiger partial charge in [0.05, 0.1) is 38.8 Å². The predicted molar refractivity (Wildman–Crippen MR) is 643 cm³/mol. The number of hydrogen-bond acceptors (Lipinski definition) is 2. The van der Waals surface area contributed by atoms with Gasteiger partial charge in [-0.15, -0.1) is 0 Å². The molecule has 0 saturated carbocycles. The number of rotatable bonds is 11. The van der Waals surface area contributed by atoms with Gasteiger partial charge in [-0.1, -0.05) is 414 Å². The molecule has 6 heteroatoms. The quantitative estimate of drug-likeness (QED) is 0.120. The standard InChI is InChI=1S/C142H146BN5/c1-133(2,3)93-49-37-87(38-50-93)108-33-31-34-109(88-39-51-94(52-40-88)134(4,5)6)130(108)91-45-63-103(64-46-91)144-126-83-105(146-120-71-57-97(137(13,14)15)77-112(120)113-78-98(138(16,17)18)58-72-121(113)146)67-69-118(126)143-119-70-68-106(147-122-73-59-99(139(19,20)21)79-114(122)115-80-100(140(22,23)24)60-74-123(115)147)84-127(119)145(129-86-107(85-128(144)132(129)143)148-124-75-61-101(141(25,26)27)81-116(124)117-82-102(142(28,29)30)62-76-125(117)148)104-65-47-92(48-66-104)131-110(89-41-53-95(54-42-89)135(7,8)9)35-32-36-111(131)90-43-55-96(56-44-90)136(10,11)12/h31-86H,1-30H3. The topological polar surface area (TPSA) is 21.3 Å². The Balaban J connectivity index is 0.869. The van der Waals surface area contributed by atoms with Gasteiger partial charge < -0.3 is 23.5 Å². The summed E-state index contributed by atoms with van der Waals surface area (Å²) in [4.78, 5) is 5.38. The molecular weight excluding hydrogens is 1790 g/mol. The van der Waals surface area contributed by atoms with Crippen LogP contribution < -0.4 is 26.2 Å². The van der Waals surface area contributed by atoms with Gasteiger partial charge in [0.2, 0.25) is 0 Å². The molecule has 0 aliphatic carbocycles. The fourth-order valence-corrected chi connectivity index (χ4v) is 23.5. The number of nitrogens with zero attached hydrogens (tertiary/aromatic N) is 5. The van der Waals surface area contributed by atoms with Crippen LogP contribution in [-0.4, -0.2) is 20.4 Å². The molecule has 0 N–H and O–H groups in total. The number of fused-ring (bicyclic) bond motifs is 13. The molecule has 3 aromatic heterocycles. The maximum atomic E-state index is 2.69. The zero-order valence-electron chi connectivity index (χ0n) is 93.1. The SMILES string of the molecule is CC(C)(C)c1ccc(-c2cccc(-c3ccc(C(C)(C)C)cc3)c2-c2ccc(N3c4cc(-n5c6ccc(C(C)(C)C)cc6c6cc(C(C)(C)C)ccc65)ccc4B4c5ccc(-n6c7ccc(C(C)(C)C)cc7c7cc(C(C)(C)C)ccc76)cc5N(c5ccc(-c6c(-c7ccc(C(C)(C)C)cc7)cccc6-c6ccc(C(C)(C)C)cc6)cc5)c5cc(-n6c7ccc(C(C)(C)C)cc7c7cc(C(C)(C)C)ccc76)cc3c54)cc2)cc1. The van der Waals surface area contributed by atoms with Crippen molar-refractivity contribution in [2.24, 2.45) is 0 Å². The van der Waals surface area contributed by atoms with Crippen LogP contribution in [0.3, 0.4) is 0 Å². The van der Waals surface area contributed by atoms with Crippen LogP contribution in [0.5, 0.6) is 0 Å². The molecular formula is C142H146BN5. The Kier molecular flexibility index (Phi) is 23.1. The molecule has 5 heterocycles. The van der Waals surface area contributed by atoms with Gasteiger partial charge in [0.25, 0.3) is 6.71 Å². The monoisotopic (exact) mass is 1930 g/mol. The molecule has 0 spiro atoms. The smallest absolute Gasteiger partial charge is 0.252 e. The molecule has 742 valence electrons. The van der Waals surface area contributed by atoms with E-state index in [1.165, 1.54) is 182 Å². The number of aromatic nitrogens is 3. The van der Waals surface area contributed by atoms with Crippen molar-refractivity contribution in [3.8, 4) is 83.8 Å². The van der Waals surface area contributed by atoms with Gasteiger partial charge in [0.1, 0.15) is 0 Å². The van der Waals surface area contributed by atoms with Gasteiger partial charge in [-0.3, -0.25) is 0 Å². The third-order valence-electron chi connectivity index (χ3n) is 32.5. The van der Waals surface area contributed by atoms with Crippen LogP contribution >= 0.6 is 0 Å². The molecule has 148 heavy (non-hydrogen) atoms. The minimum atomic E-state index is -0.309. The van der Waals surface area contributed by atoms with Gasteiger partial charge in [0, 0.05) is 77.8 Å². The van der Waals surface area contributed by atoms with Gasteiger partial charge in [-0.25, -0.2) is 0 Å². The first-order valence-electron chi connectivity index (χ1n) is 53.9. The summed E-state index contributed by atoms with van der Waals surface area (Å²) in [5.74, 6) is 0. The Morgan fingerprint density at radius 3 is 0.568 bits per heavy atom. The minimum absolute atomic E-state index is 0.0229. The summed E-state index contributed by atoms with van der Waals surface area (Å²) in [5.41, 5.74) is 46.9. The van der Waals surface area contributed by atoms with Gasteiger partial charge in [0.15, 0.2) is 0 Å². The fraction of sp³-hybridized carbons (Fsp3) is 0.282. The highest BCUT2D eigenvalue weighted by molar-refractivity contribution is 7.00. The first-order chi connectivity index (χ1) is 69.7. The normalized spacial score (nSPS) is 13.6. The van der Waals surface area contributed by atoms with Crippen LogP contribution in [0.4, 0.5) is 34.1 Å². The molecule has 0 atom stereocenters. The van der Waals surface area contributed by atoms with Crippen molar-refractivity contribution in [2.75, 3.05) is 9.80 Å². The van der Waals surface area contributed by atoms with Crippen molar-refractivity contribution in [2.45, 2.75) is 262 Å². The summed E-state index contributed by atoms with van der Waals surface area (Å²) < 4.78 is 7.79. The molecule has 2 aliphatic rings. The van der Waals surface area contributed by atoms with E-state index in [2.05, 4.69) is 571 Å². The van der Waals surface area contributed by atoms with E-state index in [1.54, 1.807) is 0 Å². The van der Waals surface area contributed by atoms with Crippen molar-refractivity contribution in [1.82, 2.24) is 13.7 Å². The van der Waals surface area contributed by atoms with Crippen LogP contribution in [-0.2, 0) is 54.1 Å². The van der Waals surface area contributed by atoms with E-state index in [-0.39, 0.29) is 60.9 Å². The molecule has 0 unspecified atom stereocenters. The number of benzene rings is 17. The van der Waals surface area contributed by atoms with Crippen LogP contribution in [0.15, 0.2) is 340 Å². The van der Waals surface area contributed by atoms with Crippen molar-refractivity contribution >= 4 is 123 Å². The molecule has 0 bridgehead atoms. The second-order valence-corrected chi connectivity index (χ2v) is 53.2. The molecule has 0 saturated heterocycles.